The van der Waals surface area contributed by atoms with Gasteiger partial charge < -0.3 is 5.32 Å². The van der Waals surface area contributed by atoms with Crippen LogP contribution in [0, 0.1) is 6.92 Å². The number of carbonyl (C=O) groups is 1. The summed E-state index contributed by atoms with van der Waals surface area (Å²) >= 11 is 12.1. The molecule has 1 amide bonds. The fraction of sp³-hybridized carbons (Fsp3) is 0.0952. The molecule has 0 atom stereocenters. The molecule has 3 aromatic rings. The first-order valence-corrected chi connectivity index (χ1v) is 10.8. The number of halogens is 2. The summed E-state index contributed by atoms with van der Waals surface area (Å²) in [6, 6.07) is 17.7. The first kappa shape index (κ1) is 21.2. The first-order chi connectivity index (χ1) is 13.7. The van der Waals surface area contributed by atoms with E-state index < -0.39 is 10.0 Å². The van der Waals surface area contributed by atoms with Crippen LogP contribution in [0.5, 0.6) is 0 Å². The van der Waals surface area contributed by atoms with Crippen LogP contribution in [-0.2, 0) is 10.0 Å². The Balaban J connectivity index is 1.86. The van der Waals surface area contributed by atoms with E-state index in [1.165, 1.54) is 49.5 Å². The van der Waals surface area contributed by atoms with Crippen molar-refractivity contribution in [3.63, 3.8) is 0 Å². The molecule has 0 aliphatic rings. The Hall–Kier alpha value is -2.54. The number of anilines is 2. The molecule has 0 unspecified atom stereocenters. The molecule has 0 aliphatic heterocycles. The lowest BCUT2D eigenvalue weighted by atomic mass is 10.1. The molecule has 0 aliphatic carbocycles. The molecule has 0 bridgehead atoms. The van der Waals surface area contributed by atoms with Gasteiger partial charge in [-0.25, -0.2) is 8.42 Å². The largest absolute Gasteiger partial charge is 0.322 e. The maximum atomic E-state index is 12.8. The van der Waals surface area contributed by atoms with Gasteiger partial charge in [-0.2, -0.15) is 0 Å². The summed E-state index contributed by atoms with van der Waals surface area (Å²) < 4.78 is 26.7. The van der Waals surface area contributed by atoms with E-state index in [0.29, 0.717) is 16.4 Å². The van der Waals surface area contributed by atoms with E-state index in [0.717, 1.165) is 9.87 Å². The van der Waals surface area contributed by atoms with Gasteiger partial charge in [-0.1, -0.05) is 41.4 Å². The summed E-state index contributed by atoms with van der Waals surface area (Å²) in [5.74, 6) is -0.376. The Morgan fingerprint density at radius 1 is 0.966 bits per heavy atom. The second-order valence-corrected chi connectivity index (χ2v) is 9.17. The molecule has 0 saturated carbocycles. The minimum atomic E-state index is -3.80. The highest BCUT2D eigenvalue weighted by molar-refractivity contribution is 7.92. The average Bonchev–Trinajstić information content (AvgIpc) is 2.69. The second-order valence-electron chi connectivity index (χ2n) is 6.36. The van der Waals surface area contributed by atoms with Crippen LogP contribution < -0.4 is 9.62 Å². The normalized spacial score (nSPS) is 11.2. The molecule has 1 N–H and O–H groups in total. The van der Waals surface area contributed by atoms with Crippen molar-refractivity contribution in [3.8, 4) is 0 Å². The molecule has 3 aromatic carbocycles. The number of sulfonamides is 1. The highest BCUT2D eigenvalue weighted by Crippen LogP contribution is 2.28. The first-order valence-electron chi connectivity index (χ1n) is 8.61. The van der Waals surface area contributed by atoms with Crippen LogP contribution in [0.4, 0.5) is 11.4 Å². The third-order valence-electron chi connectivity index (χ3n) is 4.43. The molecular weight excluding hydrogens is 431 g/mol. The summed E-state index contributed by atoms with van der Waals surface area (Å²) in [5.41, 5.74) is 2.18. The van der Waals surface area contributed by atoms with Gasteiger partial charge in [0, 0.05) is 17.8 Å². The van der Waals surface area contributed by atoms with Crippen LogP contribution in [0.1, 0.15) is 15.9 Å². The van der Waals surface area contributed by atoms with E-state index in [9.17, 15) is 13.2 Å². The summed E-state index contributed by atoms with van der Waals surface area (Å²) in [6.45, 7) is 1.89. The average molecular weight is 449 g/mol. The Morgan fingerprint density at radius 3 is 2.24 bits per heavy atom. The standard InChI is InChI=1S/C21H18Cl2N2O3S/c1-14-5-3-4-6-20(14)24-21(26)18-12-9-16(13-19(18)23)25(2)29(27,28)17-10-7-15(22)8-11-17/h3-13H,1-2H3,(H,24,26). The second kappa shape index (κ2) is 8.45. The zero-order valence-electron chi connectivity index (χ0n) is 15.7. The van der Waals surface area contributed by atoms with Gasteiger partial charge in [0.1, 0.15) is 0 Å². The van der Waals surface area contributed by atoms with Gasteiger partial charge in [-0.05, 0) is 61.0 Å². The smallest absolute Gasteiger partial charge is 0.264 e. The number of hydrogen-bond donors (Lipinski definition) is 1. The Labute approximate surface area is 179 Å². The third-order valence-corrected chi connectivity index (χ3v) is 6.79. The molecule has 5 nitrogen and oxygen atoms in total. The van der Waals surface area contributed by atoms with Crippen molar-refractivity contribution in [3.05, 3.63) is 87.9 Å². The molecule has 150 valence electrons. The van der Waals surface area contributed by atoms with Crippen molar-refractivity contribution in [1.82, 2.24) is 0 Å². The van der Waals surface area contributed by atoms with E-state index >= 15 is 0 Å². The highest BCUT2D eigenvalue weighted by Gasteiger charge is 2.22. The predicted octanol–water partition coefficient (Wildman–Crippen LogP) is 5.38. The maximum absolute atomic E-state index is 12.8. The molecule has 29 heavy (non-hydrogen) atoms. The Kier molecular flexibility index (Phi) is 6.17. The SMILES string of the molecule is Cc1ccccc1NC(=O)c1ccc(N(C)S(=O)(=O)c2ccc(Cl)cc2)cc1Cl. The van der Waals surface area contributed by atoms with Crippen LogP contribution in [0.15, 0.2) is 71.6 Å². The number of nitrogens with zero attached hydrogens (tertiary/aromatic N) is 1. The Morgan fingerprint density at radius 2 is 1.62 bits per heavy atom. The molecule has 0 saturated heterocycles. The molecule has 0 heterocycles. The number of aryl methyl sites for hydroxylation is 1. The Bertz CT molecular complexity index is 1160. The fourth-order valence-electron chi connectivity index (χ4n) is 2.69. The lowest BCUT2D eigenvalue weighted by molar-refractivity contribution is 0.102. The quantitative estimate of drug-likeness (QED) is 0.569. The van der Waals surface area contributed by atoms with Gasteiger partial charge in [-0.3, -0.25) is 9.10 Å². The van der Waals surface area contributed by atoms with E-state index in [-0.39, 0.29) is 21.4 Å². The van der Waals surface area contributed by atoms with Gasteiger partial charge in [0.25, 0.3) is 15.9 Å². The number of nitrogens with one attached hydrogen (secondary N) is 1. The molecule has 0 spiro atoms. The summed E-state index contributed by atoms with van der Waals surface area (Å²) in [6.07, 6.45) is 0. The van der Waals surface area contributed by atoms with Crippen LogP contribution in [0.3, 0.4) is 0 Å². The van der Waals surface area contributed by atoms with Crippen molar-refractivity contribution >= 4 is 50.5 Å². The maximum Gasteiger partial charge on any atom is 0.264 e. The number of hydrogen-bond acceptors (Lipinski definition) is 3. The zero-order valence-corrected chi connectivity index (χ0v) is 18.0. The molecule has 3 rings (SSSR count). The van der Waals surface area contributed by atoms with Gasteiger partial charge in [-0.15, -0.1) is 0 Å². The van der Waals surface area contributed by atoms with Crippen LogP contribution >= 0.6 is 23.2 Å². The van der Waals surface area contributed by atoms with E-state index in [2.05, 4.69) is 5.32 Å². The van der Waals surface area contributed by atoms with Crippen LogP contribution in [0.2, 0.25) is 10.0 Å². The molecular formula is C21H18Cl2N2O3S. The monoisotopic (exact) mass is 448 g/mol. The number of rotatable bonds is 5. The highest BCUT2D eigenvalue weighted by atomic mass is 35.5. The zero-order chi connectivity index (χ0) is 21.2. The van der Waals surface area contributed by atoms with Gasteiger partial charge in [0.2, 0.25) is 0 Å². The summed E-state index contributed by atoms with van der Waals surface area (Å²) in [7, 11) is -2.38. The molecule has 0 aromatic heterocycles. The van der Waals surface area contributed by atoms with Crippen LogP contribution in [0.25, 0.3) is 0 Å². The van der Waals surface area contributed by atoms with Crippen molar-refractivity contribution in [2.24, 2.45) is 0 Å². The molecule has 8 heteroatoms. The van der Waals surface area contributed by atoms with Crippen LogP contribution in [-0.4, -0.2) is 21.4 Å². The van der Waals surface area contributed by atoms with Gasteiger partial charge in [0.05, 0.1) is 21.2 Å². The summed E-state index contributed by atoms with van der Waals surface area (Å²) in [4.78, 5) is 12.7. The van der Waals surface area contributed by atoms with Crippen molar-refractivity contribution < 1.29 is 13.2 Å². The van der Waals surface area contributed by atoms with Crippen molar-refractivity contribution in [2.75, 3.05) is 16.7 Å². The number of benzene rings is 3. The molecule has 0 radical (unpaired) electrons. The van der Waals surface area contributed by atoms with Crippen molar-refractivity contribution in [2.45, 2.75) is 11.8 Å². The molecule has 0 fully saturated rings. The van der Waals surface area contributed by atoms with Gasteiger partial charge >= 0.3 is 0 Å². The predicted molar refractivity (Wildman–Crippen MR) is 118 cm³/mol. The minimum absolute atomic E-state index is 0.0990. The lowest BCUT2D eigenvalue weighted by Crippen LogP contribution is -2.26. The third kappa shape index (κ3) is 4.56. The number of amides is 1. The van der Waals surface area contributed by atoms with E-state index in [1.807, 2.05) is 25.1 Å². The van der Waals surface area contributed by atoms with E-state index in [4.69, 9.17) is 23.2 Å². The number of carbonyl (C=O) groups excluding carboxylic acids is 1. The topological polar surface area (TPSA) is 66.5 Å². The van der Waals surface area contributed by atoms with E-state index in [1.54, 1.807) is 6.07 Å². The number of para-hydroxylation sites is 1. The lowest BCUT2D eigenvalue weighted by Gasteiger charge is -2.20. The summed E-state index contributed by atoms with van der Waals surface area (Å²) in [5, 5.41) is 3.40. The minimum Gasteiger partial charge on any atom is -0.322 e. The van der Waals surface area contributed by atoms with Crippen molar-refractivity contribution in [1.29, 1.82) is 0 Å². The van der Waals surface area contributed by atoms with Gasteiger partial charge in [0.15, 0.2) is 0 Å². The fourth-order valence-corrected chi connectivity index (χ4v) is 4.26.